The highest BCUT2D eigenvalue weighted by Gasteiger charge is 2.12. The molecule has 4 N–H and O–H groups in total. The van der Waals surface area contributed by atoms with Crippen LogP contribution in [0.25, 0.3) is 0 Å². The second-order valence-corrected chi connectivity index (χ2v) is 3.54. The predicted molar refractivity (Wildman–Crippen MR) is 62.6 cm³/mol. The molecule has 0 saturated carbocycles. The lowest BCUT2D eigenvalue weighted by atomic mass is 10.2. The molecule has 1 aromatic rings. The smallest absolute Gasteiger partial charge is 0.273 e. The number of phenolic OH excluding ortho intramolecular Hbond substituents is 1. The van der Waals surface area contributed by atoms with Gasteiger partial charge in [0, 0.05) is 18.9 Å². The van der Waals surface area contributed by atoms with Gasteiger partial charge in [0.25, 0.3) is 5.69 Å². The molecule has 19 heavy (non-hydrogen) atoms. The van der Waals surface area contributed by atoms with E-state index in [9.17, 15) is 24.8 Å². The highest BCUT2D eigenvalue weighted by molar-refractivity contribution is 5.94. The Bertz CT molecular complexity index is 516. The fourth-order valence-corrected chi connectivity index (χ4v) is 1.23. The van der Waals surface area contributed by atoms with E-state index in [2.05, 4.69) is 5.32 Å². The zero-order valence-electron chi connectivity index (χ0n) is 9.62. The summed E-state index contributed by atoms with van der Waals surface area (Å²) in [7, 11) is 0. The molecule has 0 spiro atoms. The number of non-ortho nitro benzene ring substituents is 1. The summed E-state index contributed by atoms with van der Waals surface area (Å²) in [5.74, 6) is -1.75. The van der Waals surface area contributed by atoms with Crippen LogP contribution in [0.3, 0.4) is 0 Å². The Morgan fingerprint density at radius 2 is 1.89 bits per heavy atom. The molecule has 0 atom stereocenters. The van der Waals surface area contributed by atoms with E-state index in [1.165, 1.54) is 11.5 Å². The molecule has 0 saturated heterocycles. The zero-order chi connectivity index (χ0) is 14.4. The van der Waals surface area contributed by atoms with Gasteiger partial charge in [-0.3, -0.25) is 24.9 Å². The van der Waals surface area contributed by atoms with Gasteiger partial charge in [0.2, 0.25) is 11.8 Å². The van der Waals surface area contributed by atoms with Gasteiger partial charge in [0.1, 0.15) is 5.75 Å². The van der Waals surface area contributed by atoms with E-state index in [1.54, 1.807) is 0 Å². The Morgan fingerprint density at radius 1 is 1.26 bits per heavy atom. The van der Waals surface area contributed by atoms with Crippen molar-refractivity contribution in [1.29, 1.82) is 0 Å². The van der Waals surface area contributed by atoms with E-state index in [4.69, 9.17) is 5.21 Å². The summed E-state index contributed by atoms with van der Waals surface area (Å²) >= 11 is 0. The molecular formula is C10H11N3O6. The minimum absolute atomic E-state index is 0.00000614. The van der Waals surface area contributed by atoms with Gasteiger partial charge in [-0.15, -0.1) is 0 Å². The number of anilines is 1. The summed E-state index contributed by atoms with van der Waals surface area (Å²) in [4.78, 5) is 31.8. The minimum Gasteiger partial charge on any atom is -0.506 e. The number of carbonyl (C=O) groups excluding carboxylic acids is 2. The highest BCUT2D eigenvalue weighted by atomic mass is 16.6. The number of rotatable bonds is 5. The molecule has 0 aromatic heterocycles. The standard InChI is InChI=1S/C10H11N3O6/c14-8-5-6(13(18)19)1-2-7(8)11-9(15)3-4-10(16)12-17/h1-2,5,14,17H,3-4H2,(H,11,15)(H,12,16). The molecule has 0 unspecified atom stereocenters. The maximum absolute atomic E-state index is 11.4. The molecule has 0 aliphatic heterocycles. The highest BCUT2D eigenvalue weighted by Crippen LogP contribution is 2.27. The van der Waals surface area contributed by atoms with Crippen molar-refractivity contribution in [2.24, 2.45) is 0 Å². The molecule has 0 fully saturated rings. The Hall–Kier alpha value is -2.68. The van der Waals surface area contributed by atoms with Crippen molar-refractivity contribution in [3.63, 3.8) is 0 Å². The zero-order valence-corrected chi connectivity index (χ0v) is 9.62. The second-order valence-electron chi connectivity index (χ2n) is 3.54. The average Bonchev–Trinajstić information content (AvgIpc) is 2.38. The first-order chi connectivity index (χ1) is 8.93. The average molecular weight is 269 g/mol. The van der Waals surface area contributed by atoms with Gasteiger partial charge >= 0.3 is 0 Å². The number of hydrogen-bond acceptors (Lipinski definition) is 6. The molecule has 2 amide bonds. The lowest BCUT2D eigenvalue weighted by Gasteiger charge is -2.06. The molecule has 1 rings (SSSR count). The number of nitrogens with one attached hydrogen (secondary N) is 2. The van der Waals surface area contributed by atoms with Gasteiger partial charge in [0.15, 0.2) is 0 Å². The van der Waals surface area contributed by atoms with Gasteiger partial charge in [-0.1, -0.05) is 0 Å². The van der Waals surface area contributed by atoms with Gasteiger partial charge < -0.3 is 10.4 Å². The summed E-state index contributed by atoms with van der Waals surface area (Å²) in [6.45, 7) is 0. The molecular weight excluding hydrogens is 258 g/mol. The van der Waals surface area contributed by atoms with Crippen LogP contribution in [-0.2, 0) is 9.59 Å². The summed E-state index contributed by atoms with van der Waals surface area (Å²) in [6.07, 6.45) is -0.432. The van der Waals surface area contributed by atoms with E-state index in [-0.39, 0.29) is 24.2 Å². The molecule has 0 heterocycles. The summed E-state index contributed by atoms with van der Waals surface area (Å²) in [5, 5.41) is 30.4. The normalized spacial score (nSPS) is 9.74. The second kappa shape index (κ2) is 6.31. The predicted octanol–water partition coefficient (Wildman–Crippen LogP) is 0.524. The van der Waals surface area contributed by atoms with Crippen molar-refractivity contribution >= 4 is 23.2 Å². The Morgan fingerprint density at radius 3 is 2.42 bits per heavy atom. The molecule has 102 valence electrons. The van der Waals surface area contributed by atoms with Crippen LogP contribution in [0.2, 0.25) is 0 Å². The third-order valence-corrected chi connectivity index (χ3v) is 2.17. The molecule has 0 radical (unpaired) electrons. The van der Waals surface area contributed by atoms with E-state index >= 15 is 0 Å². The molecule has 0 aliphatic rings. The number of phenols is 1. The Kier molecular flexibility index (Phi) is 4.77. The van der Waals surface area contributed by atoms with E-state index in [0.717, 1.165) is 12.1 Å². The van der Waals surface area contributed by atoms with E-state index < -0.39 is 22.5 Å². The summed E-state index contributed by atoms with van der Waals surface area (Å²) in [6, 6.07) is 3.20. The number of amides is 2. The largest absolute Gasteiger partial charge is 0.506 e. The van der Waals surface area contributed by atoms with Crippen molar-refractivity contribution in [3.05, 3.63) is 28.3 Å². The van der Waals surface area contributed by atoms with Crippen LogP contribution in [0.15, 0.2) is 18.2 Å². The number of hydroxylamine groups is 1. The number of carbonyl (C=O) groups is 2. The van der Waals surface area contributed by atoms with Crippen LogP contribution in [0.4, 0.5) is 11.4 Å². The van der Waals surface area contributed by atoms with Crippen LogP contribution in [0.1, 0.15) is 12.8 Å². The Labute approximate surface area is 107 Å². The lowest BCUT2D eigenvalue weighted by molar-refractivity contribution is -0.384. The Balaban J connectivity index is 2.64. The van der Waals surface area contributed by atoms with Crippen molar-refractivity contribution in [2.75, 3.05) is 5.32 Å². The van der Waals surface area contributed by atoms with E-state index in [1.807, 2.05) is 0 Å². The number of nitrogens with zero attached hydrogens (tertiary/aromatic N) is 1. The van der Waals surface area contributed by atoms with Crippen LogP contribution >= 0.6 is 0 Å². The topological polar surface area (TPSA) is 142 Å². The molecule has 9 heteroatoms. The van der Waals surface area contributed by atoms with Crippen LogP contribution < -0.4 is 10.8 Å². The summed E-state index contributed by atoms with van der Waals surface area (Å²) in [5.41, 5.74) is 1.06. The first kappa shape index (κ1) is 14.4. The minimum atomic E-state index is -0.719. The van der Waals surface area contributed by atoms with E-state index in [0.29, 0.717) is 0 Å². The van der Waals surface area contributed by atoms with Gasteiger partial charge in [0.05, 0.1) is 16.7 Å². The monoisotopic (exact) mass is 269 g/mol. The maximum Gasteiger partial charge on any atom is 0.273 e. The molecule has 0 aliphatic carbocycles. The number of hydrogen-bond donors (Lipinski definition) is 4. The van der Waals surface area contributed by atoms with Crippen LogP contribution in [0.5, 0.6) is 5.75 Å². The maximum atomic E-state index is 11.4. The third kappa shape index (κ3) is 4.24. The number of aromatic hydroxyl groups is 1. The quantitative estimate of drug-likeness (QED) is 0.266. The fourth-order valence-electron chi connectivity index (χ4n) is 1.23. The molecule has 0 bridgehead atoms. The molecule has 1 aromatic carbocycles. The SMILES string of the molecule is O=C(CCC(=O)Nc1ccc([N+](=O)[O-])cc1O)NO. The van der Waals surface area contributed by atoms with Crippen LogP contribution in [0, 0.1) is 10.1 Å². The first-order valence-electron chi connectivity index (χ1n) is 5.14. The number of benzene rings is 1. The van der Waals surface area contributed by atoms with Crippen molar-refractivity contribution in [1.82, 2.24) is 5.48 Å². The molecule has 9 nitrogen and oxygen atoms in total. The van der Waals surface area contributed by atoms with Crippen molar-refractivity contribution in [3.8, 4) is 5.75 Å². The number of nitro benzene ring substituents is 1. The lowest BCUT2D eigenvalue weighted by Crippen LogP contribution is -2.21. The van der Waals surface area contributed by atoms with Crippen molar-refractivity contribution in [2.45, 2.75) is 12.8 Å². The van der Waals surface area contributed by atoms with Gasteiger partial charge in [-0.25, -0.2) is 5.48 Å². The van der Waals surface area contributed by atoms with Gasteiger partial charge in [-0.05, 0) is 6.07 Å². The fraction of sp³-hybridized carbons (Fsp3) is 0.200. The van der Waals surface area contributed by atoms with Gasteiger partial charge in [-0.2, -0.15) is 0 Å². The first-order valence-corrected chi connectivity index (χ1v) is 5.14. The van der Waals surface area contributed by atoms with Crippen molar-refractivity contribution < 1.29 is 24.8 Å². The van der Waals surface area contributed by atoms with Crippen LogP contribution in [-0.4, -0.2) is 27.1 Å². The third-order valence-electron chi connectivity index (χ3n) is 2.17. The number of nitro groups is 1. The summed E-state index contributed by atoms with van der Waals surface area (Å²) < 4.78 is 0.